The molecule has 2 aromatic rings. The van der Waals surface area contributed by atoms with Gasteiger partial charge in [0.05, 0.1) is 52.0 Å². The number of hydrogen-bond donors (Lipinski definition) is 3. The maximum atomic E-state index is 14.4. The molecule has 0 aromatic heterocycles. The van der Waals surface area contributed by atoms with Crippen molar-refractivity contribution < 1.29 is 29.0 Å². The lowest BCUT2D eigenvalue weighted by atomic mass is 9.82. The molecular formula is C35H48N4O6Si. The van der Waals surface area contributed by atoms with Crippen LogP contribution in [0.1, 0.15) is 44.6 Å². The topological polar surface area (TPSA) is 120 Å². The van der Waals surface area contributed by atoms with E-state index in [1.54, 1.807) is 24.0 Å². The van der Waals surface area contributed by atoms with Crippen LogP contribution < -0.4 is 25.5 Å². The fourth-order valence-corrected chi connectivity index (χ4v) is 12.7. The molecule has 0 saturated carbocycles. The monoisotopic (exact) mass is 648 g/mol. The number of fused-ring (bicyclic) bond motifs is 2. The molecule has 10 nitrogen and oxygen atoms in total. The van der Waals surface area contributed by atoms with Crippen molar-refractivity contribution in [2.24, 2.45) is 11.8 Å². The van der Waals surface area contributed by atoms with Crippen molar-refractivity contribution >= 4 is 42.4 Å². The molecule has 0 aliphatic carbocycles. The number of benzene rings is 2. The lowest BCUT2D eigenvalue weighted by Crippen LogP contribution is -2.52. The first kappa shape index (κ1) is 32.7. The Morgan fingerprint density at radius 1 is 1.15 bits per heavy atom. The second-order valence-electron chi connectivity index (χ2n) is 14.1. The van der Waals surface area contributed by atoms with Crippen LogP contribution >= 0.6 is 0 Å². The number of rotatable bonds is 8. The highest BCUT2D eigenvalue weighted by atomic mass is 28.3. The number of nitrogens with zero attached hydrogens (tertiary/aromatic N) is 2. The van der Waals surface area contributed by atoms with Crippen LogP contribution in [0.2, 0.25) is 18.6 Å². The number of aliphatic hydroxyl groups excluding tert-OH is 1. The van der Waals surface area contributed by atoms with Crippen LogP contribution in [0.15, 0.2) is 42.5 Å². The number of amides is 3. The van der Waals surface area contributed by atoms with Gasteiger partial charge < -0.3 is 35.0 Å². The number of methoxy groups -OCH3 is 1. The molecule has 46 heavy (non-hydrogen) atoms. The molecule has 6 rings (SSSR count). The maximum absolute atomic E-state index is 14.4. The molecule has 4 heterocycles. The van der Waals surface area contributed by atoms with Gasteiger partial charge in [-0.2, -0.15) is 0 Å². The zero-order valence-corrected chi connectivity index (χ0v) is 28.7. The summed E-state index contributed by atoms with van der Waals surface area (Å²) < 4.78 is 12.5. The summed E-state index contributed by atoms with van der Waals surface area (Å²) in [6, 6.07) is 13.6. The summed E-state index contributed by atoms with van der Waals surface area (Å²) in [7, 11) is 1.00. The number of likely N-dealkylation sites (tertiary alicyclic amines) is 1. The third kappa shape index (κ3) is 5.44. The highest BCUT2D eigenvalue weighted by Crippen LogP contribution is 2.60. The van der Waals surface area contributed by atoms with Gasteiger partial charge in [0.1, 0.15) is 5.75 Å². The average molecular weight is 649 g/mol. The molecule has 1 unspecified atom stereocenters. The molecule has 1 spiro atoms. The summed E-state index contributed by atoms with van der Waals surface area (Å²) >= 11 is 0. The standard InChI is InChI=1S/C35H48N4O6Si/c1-22-32(46(4,5)27-13-11-26(44-3)12-14-27)30(19-31(41)39-17-7-9-25(39)21-40)45-35(22)28-18-24(10-15-29(28)38(2)34(35)43)37-33(42)23-8-6-16-36-20-23/h10-15,18,22-23,25,30,32,36,40H,6-9,16-17,19-21H2,1-5H3,(H,37,42)/t22-,23?,25+,30+,32-,35+/m1/s1. The number of aliphatic hydroxyl groups is 1. The van der Waals surface area contributed by atoms with E-state index in [9.17, 15) is 19.5 Å². The van der Waals surface area contributed by atoms with Crippen molar-refractivity contribution in [3.05, 3.63) is 48.0 Å². The lowest BCUT2D eigenvalue weighted by Gasteiger charge is -2.37. The van der Waals surface area contributed by atoms with Crippen LogP contribution in [0, 0.1) is 11.8 Å². The number of likely N-dealkylation sites (N-methyl/N-ethyl adjacent to an activating group) is 1. The smallest absolute Gasteiger partial charge is 0.264 e. The van der Waals surface area contributed by atoms with Gasteiger partial charge in [-0.15, -0.1) is 0 Å². The molecule has 0 radical (unpaired) electrons. The third-order valence-electron chi connectivity index (χ3n) is 11.2. The Kier molecular flexibility index (Phi) is 9.05. The predicted molar refractivity (Wildman–Crippen MR) is 180 cm³/mol. The SMILES string of the molecule is COc1ccc([Si](C)(C)[C@H]2[C@H](CC(=O)N3CCC[C@H]3CO)O[C@@]3(C(=O)N(C)c4ccc(NC(=O)C5CCCNC5)cc43)[C@@H]2C)cc1. The van der Waals surface area contributed by atoms with Crippen LogP contribution in [0.5, 0.6) is 5.75 Å². The minimum Gasteiger partial charge on any atom is -0.497 e. The molecule has 3 N–H and O–H groups in total. The molecule has 11 heteroatoms. The summed E-state index contributed by atoms with van der Waals surface area (Å²) in [4.78, 5) is 44.9. The molecule has 248 valence electrons. The van der Waals surface area contributed by atoms with E-state index in [4.69, 9.17) is 9.47 Å². The molecular weight excluding hydrogens is 600 g/mol. The Morgan fingerprint density at radius 2 is 1.91 bits per heavy atom. The molecule has 4 aliphatic rings. The van der Waals surface area contributed by atoms with Gasteiger partial charge in [-0.3, -0.25) is 14.4 Å². The summed E-state index contributed by atoms with van der Waals surface area (Å²) in [6.07, 6.45) is 3.07. The van der Waals surface area contributed by atoms with E-state index in [2.05, 4.69) is 42.8 Å². The van der Waals surface area contributed by atoms with E-state index in [0.29, 0.717) is 18.8 Å². The van der Waals surface area contributed by atoms with Crippen molar-refractivity contribution in [2.45, 2.75) is 75.4 Å². The van der Waals surface area contributed by atoms with Gasteiger partial charge in [-0.05, 0) is 68.1 Å². The Morgan fingerprint density at radius 3 is 2.59 bits per heavy atom. The fourth-order valence-electron chi connectivity index (χ4n) is 8.66. The zero-order chi connectivity index (χ0) is 32.8. The van der Waals surface area contributed by atoms with Gasteiger partial charge in [-0.1, -0.05) is 37.3 Å². The highest BCUT2D eigenvalue weighted by Gasteiger charge is 2.66. The molecule has 3 fully saturated rings. The van der Waals surface area contributed by atoms with Crippen LogP contribution in [0.3, 0.4) is 0 Å². The number of ether oxygens (including phenoxy) is 2. The third-order valence-corrected chi connectivity index (χ3v) is 15.5. The minimum absolute atomic E-state index is 0.0299. The Labute approximate surface area is 272 Å². The van der Waals surface area contributed by atoms with Crippen molar-refractivity contribution in [1.82, 2.24) is 10.2 Å². The van der Waals surface area contributed by atoms with E-state index >= 15 is 0 Å². The average Bonchev–Trinajstić information content (AvgIpc) is 3.72. The summed E-state index contributed by atoms with van der Waals surface area (Å²) in [6.45, 7) is 8.81. The first-order chi connectivity index (χ1) is 22.0. The Balaban J connectivity index is 1.39. The number of hydrogen-bond acceptors (Lipinski definition) is 7. The van der Waals surface area contributed by atoms with Crippen molar-refractivity contribution in [3.63, 3.8) is 0 Å². The molecule has 6 atom stereocenters. The van der Waals surface area contributed by atoms with Crippen molar-refractivity contribution in [2.75, 3.05) is 50.6 Å². The molecule has 3 amide bonds. The highest BCUT2D eigenvalue weighted by molar-refractivity contribution is 6.91. The van der Waals surface area contributed by atoms with Crippen molar-refractivity contribution in [1.29, 1.82) is 0 Å². The van der Waals surface area contributed by atoms with E-state index in [0.717, 1.165) is 49.2 Å². The summed E-state index contributed by atoms with van der Waals surface area (Å²) in [5.41, 5.74) is 0.739. The molecule has 4 aliphatic heterocycles. The fraction of sp³-hybridized carbons (Fsp3) is 0.571. The zero-order valence-electron chi connectivity index (χ0n) is 27.7. The van der Waals surface area contributed by atoms with E-state index in [-0.39, 0.29) is 54.2 Å². The van der Waals surface area contributed by atoms with Crippen LogP contribution in [-0.4, -0.2) is 88.3 Å². The quantitative estimate of drug-likeness (QED) is 0.376. The van der Waals surface area contributed by atoms with Crippen LogP contribution in [0.4, 0.5) is 11.4 Å². The van der Waals surface area contributed by atoms with Gasteiger partial charge in [0.2, 0.25) is 11.8 Å². The Bertz CT molecular complexity index is 1480. The normalized spacial score (nSPS) is 29.3. The van der Waals surface area contributed by atoms with Gasteiger partial charge in [0, 0.05) is 37.3 Å². The number of carbonyl (C=O) groups excluding carboxylic acids is 3. The second-order valence-corrected chi connectivity index (χ2v) is 18.7. The number of anilines is 2. The maximum Gasteiger partial charge on any atom is 0.264 e. The summed E-state index contributed by atoms with van der Waals surface area (Å²) in [5, 5.41) is 17.6. The lowest BCUT2D eigenvalue weighted by molar-refractivity contribution is -0.149. The van der Waals surface area contributed by atoms with Gasteiger partial charge >= 0.3 is 0 Å². The first-order valence-electron chi connectivity index (χ1n) is 16.7. The van der Waals surface area contributed by atoms with Crippen LogP contribution in [-0.2, 0) is 24.7 Å². The second kappa shape index (κ2) is 12.7. The number of piperidine rings is 1. The van der Waals surface area contributed by atoms with Crippen LogP contribution in [0.25, 0.3) is 0 Å². The largest absolute Gasteiger partial charge is 0.497 e. The molecule has 3 saturated heterocycles. The number of carbonyl (C=O) groups is 3. The van der Waals surface area contributed by atoms with Gasteiger partial charge in [0.25, 0.3) is 5.91 Å². The van der Waals surface area contributed by atoms with E-state index < -0.39 is 19.8 Å². The van der Waals surface area contributed by atoms with Crippen molar-refractivity contribution in [3.8, 4) is 5.75 Å². The predicted octanol–water partition coefficient (Wildman–Crippen LogP) is 3.20. The van der Waals surface area contributed by atoms with E-state index in [1.165, 1.54) is 5.19 Å². The number of nitrogens with one attached hydrogen (secondary N) is 2. The van der Waals surface area contributed by atoms with E-state index in [1.807, 2.05) is 30.3 Å². The molecule has 2 aromatic carbocycles. The molecule has 0 bridgehead atoms. The summed E-state index contributed by atoms with van der Waals surface area (Å²) in [5.74, 6) is 0.187. The van der Waals surface area contributed by atoms with Gasteiger partial charge in [-0.25, -0.2) is 0 Å². The van der Waals surface area contributed by atoms with Gasteiger partial charge in [0.15, 0.2) is 5.60 Å². The Hall–Kier alpha value is -3.25. The first-order valence-corrected chi connectivity index (χ1v) is 19.8. The minimum atomic E-state index is -2.42.